The first-order chi connectivity index (χ1) is 5.72. The van der Waals surface area contributed by atoms with Crippen LogP contribution in [0.1, 0.15) is 6.92 Å². The largest absolute Gasteiger partial charge is 0.497 e. The van der Waals surface area contributed by atoms with Gasteiger partial charge in [0.2, 0.25) is 0 Å². The quantitative estimate of drug-likeness (QED) is 0.669. The summed E-state index contributed by atoms with van der Waals surface area (Å²) in [6.07, 6.45) is -0.544. The molecule has 3 heteroatoms. The second-order valence-electron chi connectivity index (χ2n) is 2.55. The molecule has 3 nitrogen and oxygen atoms in total. The SMILES string of the molecule is COc1cccc(NC(C)O)c1. The lowest BCUT2D eigenvalue weighted by Gasteiger charge is -2.09. The lowest BCUT2D eigenvalue weighted by Crippen LogP contribution is -2.12. The minimum absolute atomic E-state index is 0.544. The number of aliphatic hydroxyl groups excluding tert-OH is 1. The van der Waals surface area contributed by atoms with E-state index in [9.17, 15) is 0 Å². The molecule has 0 aliphatic heterocycles. The zero-order valence-corrected chi connectivity index (χ0v) is 7.24. The topological polar surface area (TPSA) is 41.5 Å². The molecule has 0 saturated carbocycles. The lowest BCUT2D eigenvalue weighted by atomic mass is 10.3. The van der Waals surface area contributed by atoms with E-state index in [1.54, 1.807) is 14.0 Å². The van der Waals surface area contributed by atoms with Crippen molar-refractivity contribution in [3.63, 3.8) is 0 Å². The third-order valence-electron chi connectivity index (χ3n) is 1.45. The van der Waals surface area contributed by atoms with Crippen LogP contribution in [-0.2, 0) is 0 Å². The normalized spacial score (nSPS) is 12.2. The molecule has 0 aromatic heterocycles. The van der Waals surface area contributed by atoms with Gasteiger partial charge in [-0.1, -0.05) is 6.07 Å². The number of aliphatic hydroxyl groups is 1. The number of nitrogens with one attached hydrogen (secondary N) is 1. The van der Waals surface area contributed by atoms with E-state index in [1.807, 2.05) is 24.3 Å². The third kappa shape index (κ3) is 2.43. The average molecular weight is 167 g/mol. The molecule has 0 amide bonds. The monoisotopic (exact) mass is 167 g/mol. The van der Waals surface area contributed by atoms with Crippen LogP contribution < -0.4 is 10.1 Å². The van der Waals surface area contributed by atoms with Crippen LogP contribution in [0.3, 0.4) is 0 Å². The van der Waals surface area contributed by atoms with E-state index in [-0.39, 0.29) is 0 Å². The van der Waals surface area contributed by atoms with E-state index in [0.29, 0.717) is 0 Å². The van der Waals surface area contributed by atoms with E-state index in [1.165, 1.54) is 0 Å². The Bertz CT molecular complexity index is 248. The summed E-state index contributed by atoms with van der Waals surface area (Å²) in [4.78, 5) is 0. The maximum absolute atomic E-state index is 9.02. The third-order valence-corrected chi connectivity index (χ3v) is 1.45. The molecule has 1 rings (SSSR count). The lowest BCUT2D eigenvalue weighted by molar-refractivity contribution is 0.224. The second-order valence-corrected chi connectivity index (χ2v) is 2.55. The fourth-order valence-electron chi connectivity index (χ4n) is 0.954. The minimum atomic E-state index is -0.544. The zero-order valence-electron chi connectivity index (χ0n) is 7.24. The Morgan fingerprint density at radius 3 is 2.83 bits per heavy atom. The molecule has 12 heavy (non-hydrogen) atoms. The van der Waals surface area contributed by atoms with Crippen molar-refractivity contribution in [1.82, 2.24) is 0 Å². The van der Waals surface area contributed by atoms with Crippen LogP contribution in [0.15, 0.2) is 24.3 Å². The highest BCUT2D eigenvalue weighted by Crippen LogP contribution is 2.16. The van der Waals surface area contributed by atoms with Crippen molar-refractivity contribution in [2.75, 3.05) is 12.4 Å². The van der Waals surface area contributed by atoms with Crippen molar-refractivity contribution >= 4 is 5.69 Å². The highest BCUT2D eigenvalue weighted by Gasteiger charge is 1.96. The Hall–Kier alpha value is -1.22. The maximum Gasteiger partial charge on any atom is 0.121 e. The van der Waals surface area contributed by atoms with Crippen LogP contribution in [0.2, 0.25) is 0 Å². The van der Waals surface area contributed by atoms with Gasteiger partial charge < -0.3 is 15.2 Å². The summed E-state index contributed by atoms with van der Waals surface area (Å²) in [7, 11) is 1.61. The molecule has 0 aliphatic rings. The first-order valence-corrected chi connectivity index (χ1v) is 3.81. The summed E-state index contributed by atoms with van der Waals surface area (Å²) in [6.45, 7) is 1.67. The number of hydrogen-bond donors (Lipinski definition) is 2. The average Bonchev–Trinajstić information content (AvgIpc) is 2.03. The summed E-state index contributed by atoms with van der Waals surface area (Å²) in [5.74, 6) is 0.778. The van der Waals surface area contributed by atoms with Crippen LogP contribution in [-0.4, -0.2) is 18.4 Å². The molecule has 0 radical (unpaired) electrons. The van der Waals surface area contributed by atoms with Gasteiger partial charge in [-0.3, -0.25) is 0 Å². The molecule has 0 bridgehead atoms. The van der Waals surface area contributed by atoms with Crippen LogP contribution in [0.4, 0.5) is 5.69 Å². The molecule has 1 aromatic rings. The van der Waals surface area contributed by atoms with Gasteiger partial charge in [0.05, 0.1) is 7.11 Å². The van der Waals surface area contributed by atoms with Gasteiger partial charge >= 0.3 is 0 Å². The van der Waals surface area contributed by atoms with Crippen molar-refractivity contribution in [3.8, 4) is 5.75 Å². The van der Waals surface area contributed by atoms with Gasteiger partial charge in [-0.15, -0.1) is 0 Å². The van der Waals surface area contributed by atoms with Crippen molar-refractivity contribution in [2.24, 2.45) is 0 Å². The highest BCUT2D eigenvalue weighted by molar-refractivity contribution is 5.48. The molecular weight excluding hydrogens is 154 g/mol. The summed E-state index contributed by atoms with van der Waals surface area (Å²) in [5, 5.41) is 11.9. The molecular formula is C9H13NO2. The summed E-state index contributed by atoms with van der Waals surface area (Å²) in [5.41, 5.74) is 0.851. The zero-order chi connectivity index (χ0) is 8.97. The van der Waals surface area contributed by atoms with Gasteiger partial charge in [0.25, 0.3) is 0 Å². The Morgan fingerprint density at radius 1 is 1.50 bits per heavy atom. The molecule has 66 valence electrons. The first kappa shape index (κ1) is 8.87. The predicted octanol–water partition coefficient (Wildman–Crippen LogP) is 1.45. The molecule has 1 aromatic carbocycles. The van der Waals surface area contributed by atoms with Crippen molar-refractivity contribution in [1.29, 1.82) is 0 Å². The predicted molar refractivity (Wildman–Crippen MR) is 48.3 cm³/mol. The van der Waals surface area contributed by atoms with E-state index in [4.69, 9.17) is 9.84 Å². The fourth-order valence-corrected chi connectivity index (χ4v) is 0.954. The van der Waals surface area contributed by atoms with E-state index in [2.05, 4.69) is 5.32 Å². The van der Waals surface area contributed by atoms with Gasteiger partial charge in [0, 0.05) is 11.8 Å². The van der Waals surface area contributed by atoms with E-state index in [0.717, 1.165) is 11.4 Å². The number of hydrogen-bond acceptors (Lipinski definition) is 3. The Kier molecular flexibility index (Phi) is 2.94. The second kappa shape index (κ2) is 3.97. The van der Waals surface area contributed by atoms with Crippen LogP contribution in [0, 0.1) is 0 Å². The Labute approximate surface area is 72.0 Å². The van der Waals surface area contributed by atoms with E-state index < -0.39 is 6.23 Å². The van der Waals surface area contributed by atoms with Crippen LogP contribution >= 0.6 is 0 Å². The molecule has 0 saturated heterocycles. The minimum Gasteiger partial charge on any atom is -0.497 e. The van der Waals surface area contributed by atoms with E-state index >= 15 is 0 Å². The molecule has 0 aliphatic carbocycles. The summed E-state index contributed by atoms with van der Waals surface area (Å²) >= 11 is 0. The molecule has 0 heterocycles. The van der Waals surface area contributed by atoms with Gasteiger partial charge in [0.15, 0.2) is 0 Å². The Balaban J connectivity index is 2.72. The first-order valence-electron chi connectivity index (χ1n) is 3.81. The molecule has 1 unspecified atom stereocenters. The molecule has 0 spiro atoms. The number of rotatable bonds is 3. The van der Waals surface area contributed by atoms with Gasteiger partial charge in [-0.25, -0.2) is 0 Å². The van der Waals surface area contributed by atoms with Crippen molar-refractivity contribution in [3.05, 3.63) is 24.3 Å². The van der Waals surface area contributed by atoms with Crippen LogP contribution in [0.25, 0.3) is 0 Å². The maximum atomic E-state index is 9.02. The van der Waals surface area contributed by atoms with Crippen molar-refractivity contribution < 1.29 is 9.84 Å². The smallest absolute Gasteiger partial charge is 0.121 e. The number of ether oxygens (including phenoxy) is 1. The summed E-state index contributed by atoms with van der Waals surface area (Å²) in [6, 6.07) is 7.42. The van der Waals surface area contributed by atoms with Crippen molar-refractivity contribution in [2.45, 2.75) is 13.2 Å². The highest BCUT2D eigenvalue weighted by atomic mass is 16.5. The fraction of sp³-hybridized carbons (Fsp3) is 0.333. The number of benzene rings is 1. The number of anilines is 1. The molecule has 1 atom stereocenters. The summed E-state index contributed by atoms with van der Waals surface area (Å²) < 4.78 is 5.01. The van der Waals surface area contributed by atoms with Gasteiger partial charge in [0.1, 0.15) is 12.0 Å². The molecule has 2 N–H and O–H groups in total. The van der Waals surface area contributed by atoms with Gasteiger partial charge in [-0.05, 0) is 19.1 Å². The molecule has 0 fully saturated rings. The number of methoxy groups -OCH3 is 1. The van der Waals surface area contributed by atoms with Crippen LogP contribution in [0.5, 0.6) is 5.75 Å². The Morgan fingerprint density at radius 2 is 2.25 bits per heavy atom. The van der Waals surface area contributed by atoms with Gasteiger partial charge in [-0.2, -0.15) is 0 Å². The standard InChI is InChI=1S/C9H13NO2/c1-7(11)10-8-4-3-5-9(6-8)12-2/h3-7,10-11H,1-2H3.